The van der Waals surface area contributed by atoms with Crippen LogP contribution in [0.5, 0.6) is 0 Å². The molecule has 0 atom stereocenters. The summed E-state index contributed by atoms with van der Waals surface area (Å²) in [6, 6.07) is 7.63. The molecule has 8 heteroatoms. The van der Waals surface area contributed by atoms with Gasteiger partial charge in [-0.3, -0.25) is 9.59 Å². The molecule has 1 aromatic carbocycles. The molecule has 0 unspecified atom stereocenters. The fourth-order valence-corrected chi connectivity index (χ4v) is 3.38. The van der Waals surface area contributed by atoms with E-state index < -0.39 is 0 Å². The van der Waals surface area contributed by atoms with E-state index in [-0.39, 0.29) is 23.9 Å². The fraction of sp³-hybridized carbons (Fsp3) is 0.571. The van der Waals surface area contributed by atoms with Crippen LogP contribution in [-0.4, -0.2) is 67.6 Å². The molecule has 0 aromatic heterocycles. The molecule has 1 aromatic rings. The molecule has 1 heterocycles. The van der Waals surface area contributed by atoms with Crippen molar-refractivity contribution in [3.05, 3.63) is 35.4 Å². The number of nitrogens with one attached hydrogen (secondary N) is 4. The third kappa shape index (κ3) is 6.74. The number of hydrogen-bond acceptors (Lipinski definition) is 3. The Morgan fingerprint density at radius 2 is 1.76 bits per heavy atom. The molecule has 3 rings (SSSR count). The van der Waals surface area contributed by atoms with Crippen molar-refractivity contribution in [3.63, 3.8) is 0 Å². The first-order chi connectivity index (χ1) is 13.9. The molecule has 0 radical (unpaired) electrons. The molecule has 158 valence electrons. The monoisotopic (exact) mass is 402 g/mol. The Labute approximate surface area is 172 Å². The van der Waals surface area contributed by atoms with E-state index in [0.717, 1.165) is 31.5 Å². The predicted octanol–water partition coefficient (Wildman–Crippen LogP) is -0.486. The molecule has 29 heavy (non-hydrogen) atoms. The van der Waals surface area contributed by atoms with Crippen molar-refractivity contribution in [3.8, 4) is 0 Å². The molecular weight excluding hydrogens is 370 g/mol. The second kappa shape index (κ2) is 9.73. The topological polar surface area (TPSA) is 95.0 Å². The van der Waals surface area contributed by atoms with E-state index >= 15 is 0 Å². The zero-order chi connectivity index (χ0) is 20.8. The van der Waals surface area contributed by atoms with Gasteiger partial charge in [-0.05, 0) is 44.4 Å². The van der Waals surface area contributed by atoms with Gasteiger partial charge in [-0.25, -0.2) is 4.79 Å². The maximum atomic E-state index is 12.7. The van der Waals surface area contributed by atoms with Gasteiger partial charge >= 0.3 is 6.03 Å². The summed E-state index contributed by atoms with van der Waals surface area (Å²) in [4.78, 5) is 39.4. The van der Waals surface area contributed by atoms with Gasteiger partial charge in [0.1, 0.15) is 0 Å². The molecule has 1 aliphatic carbocycles. The van der Waals surface area contributed by atoms with E-state index in [2.05, 4.69) is 16.0 Å². The Morgan fingerprint density at radius 1 is 1.10 bits per heavy atom. The quantitative estimate of drug-likeness (QED) is 0.496. The van der Waals surface area contributed by atoms with E-state index in [9.17, 15) is 14.4 Å². The number of amides is 4. The summed E-state index contributed by atoms with van der Waals surface area (Å²) >= 11 is 0. The lowest BCUT2D eigenvalue weighted by atomic mass is 10.1. The van der Waals surface area contributed by atoms with E-state index in [1.165, 1.54) is 4.90 Å². The Hall–Kier alpha value is -2.61. The summed E-state index contributed by atoms with van der Waals surface area (Å²) in [6.45, 7) is 7.61. The van der Waals surface area contributed by atoms with Crippen LogP contribution < -0.4 is 20.9 Å². The first-order valence-corrected chi connectivity index (χ1v) is 10.5. The van der Waals surface area contributed by atoms with Gasteiger partial charge in [-0.2, -0.15) is 0 Å². The summed E-state index contributed by atoms with van der Waals surface area (Å²) < 4.78 is 0. The molecule has 0 bridgehead atoms. The zero-order valence-corrected chi connectivity index (χ0v) is 17.3. The van der Waals surface area contributed by atoms with E-state index in [0.29, 0.717) is 37.8 Å². The van der Waals surface area contributed by atoms with Crippen LogP contribution in [0.1, 0.15) is 42.6 Å². The lowest BCUT2D eigenvalue weighted by molar-refractivity contribution is -0.896. The lowest BCUT2D eigenvalue weighted by Gasteiger charge is -2.32. The Kier molecular flexibility index (Phi) is 7.09. The number of carbonyl (C=O) groups excluding carboxylic acids is 3. The highest BCUT2D eigenvalue weighted by molar-refractivity contribution is 5.94. The second-order valence-electron chi connectivity index (χ2n) is 8.24. The maximum Gasteiger partial charge on any atom is 0.315 e. The minimum Gasteiger partial charge on any atom is -0.348 e. The van der Waals surface area contributed by atoms with Crippen LogP contribution in [0.2, 0.25) is 0 Å². The van der Waals surface area contributed by atoms with Gasteiger partial charge in [0, 0.05) is 24.2 Å². The van der Waals surface area contributed by atoms with Crippen molar-refractivity contribution >= 4 is 17.8 Å². The van der Waals surface area contributed by atoms with Gasteiger partial charge in [0.05, 0.1) is 26.2 Å². The Balaban J connectivity index is 1.42. The lowest BCUT2D eigenvalue weighted by Crippen LogP contribution is -3.15. The van der Waals surface area contributed by atoms with Gasteiger partial charge < -0.3 is 25.8 Å². The smallest absolute Gasteiger partial charge is 0.315 e. The number of carbonyl (C=O) groups is 3. The van der Waals surface area contributed by atoms with Gasteiger partial charge in [-0.15, -0.1) is 0 Å². The van der Waals surface area contributed by atoms with Crippen LogP contribution in [-0.2, 0) is 11.3 Å². The van der Waals surface area contributed by atoms with Crippen LogP contribution in [0.4, 0.5) is 4.79 Å². The highest BCUT2D eigenvalue weighted by Gasteiger charge is 2.28. The van der Waals surface area contributed by atoms with Crippen molar-refractivity contribution in [2.24, 2.45) is 0 Å². The first-order valence-electron chi connectivity index (χ1n) is 10.5. The van der Waals surface area contributed by atoms with Gasteiger partial charge in [-0.1, -0.05) is 12.1 Å². The number of rotatable bonds is 7. The van der Waals surface area contributed by atoms with Gasteiger partial charge in [0.2, 0.25) is 0 Å². The molecule has 8 nitrogen and oxygen atoms in total. The molecule has 0 spiro atoms. The molecule has 1 aliphatic heterocycles. The van der Waals surface area contributed by atoms with Gasteiger partial charge in [0.25, 0.3) is 11.8 Å². The van der Waals surface area contributed by atoms with Crippen LogP contribution >= 0.6 is 0 Å². The number of hydrogen-bond donors (Lipinski definition) is 4. The maximum absolute atomic E-state index is 12.7. The first kappa shape index (κ1) is 21.1. The minimum absolute atomic E-state index is 0.0172. The van der Waals surface area contributed by atoms with E-state index in [4.69, 9.17) is 0 Å². The highest BCUT2D eigenvalue weighted by atomic mass is 16.2. The highest BCUT2D eigenvalue weighted by Crippen LogP contribution is 2.18. The normalized spacial score (nSPS) is 17.1. The Bertz CT molecular complexity index is 722. The van der Waals surface area contributed by atoms with Crippen molar-refractivity contribution in [1.29, 1.82) is 0 Å². The average molecular weight is 403 g/mol. The number of nitrogens with zero attached hydrogens (tertiary/aromatic N) is 1. The number of benzene rings is 1. The average Bonchev–Trinajstić information content (AvgIpc) is 3.50. The summed E-state index contributed by atoms with van der Waals surface area (Å²) in [5.74, 6) is 0.136. The molecular formula is C21H32N5O3+. The second-order valence-corrected chi connectivity index (χ2v) is 8.24. The summed E-state index contributed by atoms with van der Waals surface area (Å²) in [6.07, 6.45) is 2.20. The van der Waals surface area contributed by atoms with Crippen molar-refractivity contribution in [2.75, 3.05) is 32.7 Å². The zero-order valence-electron chi connectivity index (χ0n) is 17.3. The SMILES string of the molecule is CC(C)NC(=O)NCc1ccc(C(=O)N2CC[NH+](CC(=O)NC3CC3)CC2)cc1. The van der Waals surface area contributed by atoms with Crippen LogP contribution in [0.15, 0.2) is 24.3 Å². The third-order valence-electron chi connectivity index (χ3n) is 5.18. The minimum atomic E-state index is -0.202. The van der Waals surface area contributed by atoms with E-state index in [1.54, 1.807) is 0 Å². The van der Waals surface area contributed by atoms with Crippen molar-refractivity contribution in [1.82, 2.24) is 20.9 Å². The number of urea groups is 1. The van der Waals surface area contributed by atoms with Crippen molar-refractivity contribution in [2.45, 2.75) is 45.3 Å². The predicted molar refractivity (Wildman–Crippen MR) is 110 cm³/mol. The molecule has 4 amide bonds. The fourth-order valence-electron chi connectivity index (χ4n) is 3.38. The van der Waals surface area contributed by atoms with Crippen molar-refractivity contribution < 1.29 is 19.3 Å². The van der Waals surface area contributed by atoms with Crippen LogP contribution in [0.25, 0.3) is 0 Å². The standard InChI is InChI=1S/C21H31N5O3/c1-15(2)23-21(29)22-13-16-3-5-17(6-4-16)20(28)26-11-9-25(10-12-26)14-19(27)24-18-7-8-18/h3-6,15,18H,7-14H2,1-2H3,(H,24,27)(H2,22,23,29)/p+1. The molecule has 1 saturated heterocycles. The molecule has 1 saturated carbocycles. The molecule has 2 aliphatic rings. The number of piperazine rings is 1. The van der Waals surface area contributed by atoms with E-state index in [1.807, 2.05) is 43.0 Å². The summed E-state index contributed by atoms with van der Waals surface area (Å²) in [5.41, 5.74) is 1.59. The third-order valence-corrected chi connectivity index (χ3v) is 5.18. The van der Waals surface area contributed by atoms with Crippen LogP contribution in [0.3, 0.4) is 0 Å². The largest absolute Gasteiger partial charge is 0.348 e. The van der Waals surface area contributed by atoms with Gasteiger partial charge in [0.15, 0.2) is 6.54 Å². The molecule has 2 fully saturated rings. The Morgan fingerprint density at radius 3 is 2.34 bits per heavy atom. The summed E-state index contributed by atoms with van der Waals surface area (Å²) in [5, 5.41) is 8.59. The summed E-state index contributed by atoms with van der Waals surface area (Å²) in [7, 11) is 0. The number of quaternary nitrogens is 1. The molecule has 4 N–H and O–H groups in total. The van der Waals surface area contributed by atoms with Crippen LogP contribution in [0, 0.1) is 0 Å².